The summed E-state index contributed by atoms with van der Waals surface area (Å²) in [5.74, 6) is -0.669. The fraction of sp³-hybridized carbons (Fsp3) is 0.500. The van der Waals surface area contributed by atoms with E-state index in [0.29, 0.717) is 32.8 Å². The van der Waals surface area contributed by atoms with Crippen LogP contribution in [0.2, 0.25) is 0 Å². The SMILES string of the molecule is COC(=O)C1CN(Cc2cc(F)cc(CN)c2)CCO1. The van der Waals surface area contributed by atoms with Crippen molar-refractivity contribution in [3.63, 3.8) is 0 Å². The van der Waals surface area contributed by atoms with Crippen LogP contribution in [0.1, 0.15) is 11.1 Å². The number of carbonyl (C=O) groups is 1. The number of hydrogen-bond donors (Lipinski definition) is 1. The molecular weight excluding hydrogens is 263 g/mol. The Bertz CT molecular complexity index is 481. The number of carbonyl (C=O) groups excluding carboxylic acids is 1. The molecule has 1 aliphatic heterocycles. The van der Waals surface area contributed by atoms with Gasteiger partial charge in [-0.3, -0.25) is 4.90 Å². The number of nitrogens with zero attached hydrogens (tertiary/aromatic N) is 1. The normalized spacial score (nSPS) is 19.9. The largest absolute Gasteiger partial charge is 0.467 e. The lowest BCUT2D eigenvalue weighted by Gasteiger charge is -2.31. The van der Waals surface area contributed by atoms with Crippen molar-refractivity contribution < 1.29 is 18.7 Å². The van der Waals surface area contributed by atoms with Gasteiger partial charge in [-0.25, -0.2) is 9.18 Å². The molecule has 1 heterocycles. The van der Waals surface area contributed by atoms with E-state index in [9.17, 15) is 9.18 Å². The zero-order valence-corrected chi connectivity index (χ0v) is 11.5. The average Bonchev–Trinajstić information content (AvgIpc) is 2.46. The highest BCUT2D eigenvalue weighted by Gasteiger charge is 2.27. The second kappa shape index (κ2) is 6.78. The standard InChI is InChI=1S/C14H19FN2O3/c1-19-14(18)13-9-17(2-3-20-13)8-11-4-10(7-16)5-12(15)6-11/h4-6,13H,2-3,7-9,16H2,1H3. The van der Waals surface area contributed by atoms with Crippen molar-refractivity contribution in [3.05, 3.63) is 35.1 Å². The van der Waals surface area contributed by atoms with E-state index in [2.05, 4.69) is 4.74 Å². The molecule has 1 aliphatic rings. The van der Waals surface area contributed by atoms with Crippen LogP contribution in [0.15, 0.2) is 18.2 Å². The summed E-state index contributed by atoms with van der Waals surface area (Å²) >= 11 is 0. The number of nitrogens with two attached hydrogens (primary N) is 1. The minimum atomic E-state index is -0.573. The smallest absolute Gasteiger partial charge is 0.336 e. The Hall–Kier alpha value is -1.50. The average molecular weight is 282 g/mol. The van der Waals surface area contributed by atoms with Crippen LogP contribution in [-0.2, 0) is 27.4 Å². The Labute approximate surface area is 117 Å². The van der Waals surface area contributed by atoms with Crippen molar-refractivity contribution in [1.82, 2.24) is 4.90 Å². The molecule has 1 aromatic carbocycles. The van der Waals surface area contributed by atoms with Gasteiger partial charge in [0.15, 0.2) is 6.10 Å². The molecule has 0 aliphatic carbocycles. The summed E-state index contributed by atoms with van der Waals surface area (Å²) in [6.45, 7) is 2.46. The van der Waals surface area contributed by atoms with Crippen LogP contribution in [-0.4, -0.2) is 43.8 Å². The van der Waals surface area contributed by atoms with Gasteiger partial charge in [0.25, 0.3) is 0 Å². The number of hydrogen-bond acceptors (Lipinski definition) is 5. The molecule has 5 nitrogen and oxygen atoms in total. The maximum atomic E-state index is 13.5. The summed E-state index contributed by atoms with van der Waals surface area (Å²) in [6, 6.07) is 4.80. The van der Waals surface area contributed by atoms with E-state index < -0.39 is 6.10 Å². The van der Waals surface area contributed by atoms with Crippen LogP contribution in [0.25, 0.3) is 0 Å². The van der Waals surface area contributed by atoms with Gasteiger partial charge in [0.05, 0.1) is 13.7 Å². The molecule has 6 heteroatoms. The maximum Gasteiger partial charge on any atom is 0.336 e. The number of methoxy groups -OCH3 is 1. The second-order valence-corrected chi connectivity index (χ2v) is 4.79. The van der Waals surface area contributed by atoms with E-state index in [4.69, 9.17) is 10.5 Å². The van der Waals surface area contributed by atoms with Gasteiger partial charge in [0.1, 0.15) is 5.82 Å². The first-order valence-electron chi connectivity index (χ1n) is 6.52. The van der Waals surface area contributed by atoms with Crippen LogP contribution in [0.3, 0.4) is 0 Å². The Morgan fingerprint density at radius 2 is 2.25 bits per heavy atom. The van der Waals surface area contributed by atoms with Crippen LogP contribution < -0.4 is 5.73 Å². The third kappa shape index (κ3) is 3.75. The molecule has 1 aromatic rings. The van der Waals surface area contributed by atoms with Crippen LogP contribution in [0, 0.1) is 5.82 Å². The van der Waals surface area contributed by atoms with Gasteiger partial charge >= 0.3 is 5.97 Å². The molecule has 1 unspecified atom stereocenters. The fourth-order valence-corrected chi connectivity index (χ4v) is 2.30. The van der Waals surface area contributed by atoms with Gasteiger partial charge < -0.3 is 15.2 Å². The van der Waals surface area contributed by atoms with Crippen molar-refractivity contribution in [1.29, 1.82) is 0 Å². The summed E-state index contributed by atoms with van der Waals surface area (Å²) in [7, 11) is 1.34. The quantitative estimate of drug-likeness (QED) is 0.822. The monoisotopic (exact) mass is 282 g/mol. The first-order valence-corrected chi connectivity index (χ1v) is 6.52. The van der Waals surface area contributed by atoms with E-state index in [1.54, 1.807) is 0 Å². The number of esters is 1. The molecule has 110 valence electrons. The summed E-state index contributed by atoms with van der Waals surface area (Å²) in [5.41, 5.74) is 7.14. The summed E-state index contributed by atoms with van der Waals surface area (Å²) in [5, 5.41) is 0. The van der Waals surface area contributed by atoms with E-state index in [1.807, 2.05) is 11.0 Å². The highest BCUT2D eigenvalue weighted by molar-refractivity contribution is 5.74. The summed E-state index contributed by atoms with van der Waals surface area (Å²) in [4.78, 5) is 13.5. The van der Waals surface area contributed by atoms with E-state index in [-0.39, 0.29) is 11.8 Å². The lowest BCUT2D eigenvalue weighted by atomic mass is 10.1. The molecule has 0 spiro atoms. The number of ether oxygens (including phenoxy) is 2. The topological polar surface area (TPSA) is 64.8 Å². The molecule has 0 aromatic heterocycles. The zero-order chi connectivity index (χ0) is 14.5. The van der Waals surface area contributed by atoms with E-state index in [1.165, 1.54) is 19.2 Å². The van der Waals surface area contributed by atoms with Crippen molar-refractivity contribution in [2.75, 3.05) is 26.8 Å². The number of benzene rings is 1. The van der Waals surface area contributed by atoms with Crippen molar-refractivity contribution >= 4 is 5.97 Å². The van der Waals surface area contributed by atoms with E-state index >= 15 is 0 Å². The Morgan fingerprint density at radius 3 is 2.95 bits per heavy atom. The van der Waals surface area contributed by atoms with Gasteiger partial charge in [-0.15, -0.1) is 0 Å². The van der Waals surface area contributed by atoms with Gasteiger partial charge in [-0.05, 0) is 23.3 Å². The molecule has 0 amide bonds. The van der Waals surface area contributed by atoms with Gasteiger partial charge in [0.2, 0.25) is 0 Å². The van der Waals surface area contributed by atoms with Crippen LogP contribution >= 0.6 is 0 Å². The van der Waals surface area contributed by atoms with E-state index in [0.717, 1.165) is 11.1 Å². The predicted molar refractivity (Wildman–Crippen MR) is 71.3 cm³/mol. The van der Waals surface area contributed by atoms with Crippen LogP contribution in [0.4, 0.5) is 4.39 Å². The highest BCUT2D eigenvalue weighted by Crippen LogP contribution is 2.14. The fourth-order valence-electron chi connectivity index (χ4n) is 2.30. The number of morpholine rings is 1. The predicted octanol–water partition coefficient (Wildman–Crippen LogP) is 0.658. The van der Waals surface area contributed by atoms with Crippen molar-refractivity contribution in [2.45, 2.75) is 19.2 Å². The highest BCUT2D eigenvalue weighted by atomic mass is 19.1. The summed E-state index contributed by atoms with van der Waals surface area (Å²) in [6.07, 6.45) is -0.573. The Morgan fingerprint density at radius 1 is 1.50 bits per heavy atom. The number of rotatable bonds is 4. The summed E-state index contributed by atoms with van der Waals surface area (Å²) < 4.78 is 23.5. The minimum Gasteiger partial charge on any atom is -0.467 e. The zero-order valence-electron chi connectivity index (χ0n) is 11.5. The lowest BCUT2D eigenvalue weighted by Crippen LogP contribution is -2.46. The first kappa shape index (κ1) is 14.9. The maximum absolute atomic E-state index is 13.5. The Kier molecular flexibility index (Phi) is 5.05. The molecule has 1 saturated heterocycles. The van der Waals surface area contributed by atoms with Gasteiger partial charge in [-0.2, -0.15) is 0 Å². The molecule has 1 atom stereocenters. The lowest BCUT2D eigenvalue weighted by molar-refractivity contribution is -0.160. The molecular formula is C14H19FN2O3. The van der Waals surface area contributed by atoms with Gasteiger partial charge in [-0.1, -0.05) is 6.07 Å². The Balaban J connectivity index is 2.02. The molecule has 1 fully saturated rings. The molecule has 0 radical (unpaired) electrons. The van der Waals surface area contributed by atoms with Crippen molar-refractivity contribution in [2.24, 2.45) is 5.73 Å². The first-order chi connectivity index (χ1) is 9.62. The minimum absolute atomic E-state index is 0.291. The van der Waals surface area contributed by atoms with Gasteiger partial charge in [0, 0.05) is 26.2 Å². The second-order valence-electron chi connectivity index (χ2n) is 4.79. The number of halogens is 1. The molecule has 0 saturated carbocycles. The third-order valence-electron chi connectivity index (χ3n) is 3.27. The third-order valence-corrected chi connectivity index (χ3v) is 3.27. The molecule has 0 bridgehead atoms. The molecule has 20 heavy (non-hydrogen) atoms. The van der Waals surface area contributed by atoms with Crippen LogP contribution in [0.5, 0.6) is 0 Å². The van der Waals surface area contributed by atoms with Crippen molar-refractivity contribution in [3.8, 4) is 0 Å². The molecule has 2 N–H and O–H groups in total. The molecule has 2 rings (SSSR count).